The Morgan fingerprint density at radius 1 is 1.25 bits per heavy atom. The molecule has 1 amide bonds. The lowest BCUT2D eigenvalue weighted by atomic mass is 9.86. The molecule has 1 saturated heterocycles. The second kappa shape index (κ2) is 10.1. The molecule has 28 heavy (non-hydrogen) atoms. The number of quaternary nitrogens is 1. The van der Waals surface area contributed by atoms with Crippen LogP contribution in [0.25, 0.3) is 0 Å². The summed E-state index contributed by atoms with van der Waals surface area (Å²) < 4.78 is 22.7. The van der Waals surface area contributed by atoms with E-state index in [0.29, 0.717) is 5.92 Å². The number of hydrogen-bond acceptors (Lipinski definition) is 6. The summed E-state index contributed by atoms with van der Waals surface area (Å²) in [5.41, 5.74) is 0. The Labute approximate surface area is 168 Å². The molecule has 162 valence electrons. The topological polar surface area (TPSA) is 113 Å². The van der Waals surface area contributed by atoms with Crippen LogP contribution in [-0.4, -0.2) is 67.4 Å². The molecule has 0 radical (unpaired) electrons. The minimum atomic E-state index is -3.16. The highest BCUT2D eigenvalue weighted by molar-refractivity contribution is 7.91. The van der Waals surface area contributed by atoms with Gasteiger partial charge in [-0.1, -0.05) is 39.5 Å². The third kappa shape index (κ3) is 6.50. The standard InChI is InChI=1S/C19H35N3O5S/c1-3-28(26,27)14-20-13-21-19(24)18(15(2)12-16-6-4-5-7-16)22(25)10-8-17(23)9-11-22/h15-16,18,20,25H,3-14H2,1-2H3/p+1/t15-,18+/m1/s1. The number of likely N-dealkylation sites (tertiary alicyclic amines) is 1. The van der Waals surface area contributed by atoms with Gasteiger partial charge in [0.25, 0.3) is 5.91 Å². The molecular formula is C19H36N3O5S+. The Morgan fingerprint density at radius 3 is 2.43 bits per heavy atom. The fourth-order valence-electron chi connectivity index (χ4n) is 4.57. The highest BCUT2D eigenvalue weighted by Crippen LogP contribution is 2.34. The second-order valence-electron chi connectivity index (χ2n) is 8.43. The average Bonchev–Trinajstić information content (AvgIpc) is 3.14. The van der Waals surface area contributed by atoms with Crippen LogP contribution in [0.1, 0.15) is 58.8 Å². The second-order valence-corrected chi connectivity index (χ2v) is 10.8. The first-order valence-corrected chi connectivity index (χ1v) is 12.3. The maximum atomic E-state index is 13.0. The van der Waals surface area contributed by atoms with E-state index in [0.717, 1.165) is 6.42 Å². The Kier molecular flexibility index (Phi) is 8.42. The number of nitrogens with zero attached hydrogens (tertiary/aromatic N) is 1. The molecule has 2 rings (SSSR count). The molecule has 9 heteroatoms. The van der Waals surface area contributed by atoms with Crippen molar-refractivity contribution in [3.63, 3.8) is 0 Å². The van der Waals surface area contributed by atoms with Crippen LogP contribution in [0.3, 0.4) is 0 Å². The number of nitrogens with one attached hydrogen (secondary N) is 2. The van der Waals surface area contributed by atoms with Crippen molar-refractivity contribution < 1.29 is 27.9 Å². The van der Waals surface area contributed by atoms with Crippen molar-refractivity contribution in [1.29, 1.82) is 0 Å². The van der Waals surface area contributed by atoms with Crippen molar-refractivity contribution in [3.05, 3.63) is 0 Å². The van der Waals surface area contributed by atoms with Crippen molar-refractivity contribution in [2.45, 2.75) is 64.8 Å². The third-order valence-electron chi connectivity index (χ3n) is 6.21. The van der Waals surface area contributed by atoms with Gasteiger partial charge in [0.1, 0.15) is 24.7 Å². The first-order valence-electron chi connectivity index (χ1n) is 10.5. The molecule has 0 unspecified atom stereocenters. The van der Waals surface area contributed by atoms with Gasteiger partial charge in [0.15, 0.2) is 15.9 Å². The molecule has 2 fully saturated rings. The van der Waals surface area contributed by atoms with Gasteiger partial charge < -0.3 is 5.32 Å². The summed E-state index contributed by atoms with van der Waals surface area (Å²) in [4.78, 5) is 24.6. The van der Waals surface area contributed by atoms with Crippen molar-refractivity contribution in [3.8, 4) is 0 Å². The quantitative estimate of drug-likeness (QED) is 0.279. The van der Waals surface area contributed by atoms with E-state index in [9.17, 15) is 23.2 Å². The predicted molar refractivity (Wildman–Crippen MR) is 106 cm³/mol. The minimum Gasteiger partial charge on any atom is -0.338 e. The van der Waals surface area contributed by atoms with E-state index in [1.54, 1.807) is 6.92 Å². The number of Topliss-reactive ketones (excluding diaryl/α,β-unsaturated/α-hetero) is 1. The van der Waals surface area contributed by atoms with Crippen molar-refractivity contribution in [2.24, 2.45) is 11.8 Å². The number of piperidine rings is 1. The largest absolute Gasteiger partial charge is 0.338 e. The molecule has 8 nitrogen and oxygen atoms in total. The van der Waals surface area contributed by atoms with Crippen LogP contribution >= 0.6 is 0 Å². The predicted octanol–water partition coefficient (Wildman–Crippen LogP) is 1.20. The SMILES string of the molecule is CCS(=O)(=O)CNCNC(=O)[C@H]([C@H](C)CC1CCCC1)[N+]1(O)CCC(=O)CC1. The molecule has 0 spiro atoms. The monoisotopic (exact) mass is 418 g/mol. The van der Waals surface area contributed by atoms with Crippen molar-refractivity contribution in [2.75, 3.05) is 31.4 Å². The Bertz CT molecular complexity index is 636. The van der Waals surface area contributed by atoms with Gasteiger partial charge in [0.2, 0.25) is 0 Å². The number of carbonyl (C=O) groups excluding carboxylic acids is 2. The van der Waals surface area contributed by atoms with E-state index >= 15 is 0 Å². The molecule has 0 bridgehead atoms. The van der Waals surface area contributed by atoms with Crippen molar-refractivity contribution in [1.82, 2.24) is 10.6 Å². The molecule has 2 atom stereocenters. The molecule has 1 heterocycles. The van der Waals surface area contributed by atoms with Gasteiger partial charge in [0.05, 0.1) is 19.5 Å². The number of hydroxylamine groups is 3. The molecule has 0 aromatic rings. The Hall–Kier alpha value is -1.03. The van der Waals surface area contributed by atoms with E-state index in [-0.39, 0.29) is 61.8 Å². The van der Waals surface area contributed by atoms with E-state index in [1.165, 1.54) is 25.7 Å². The average molecular weight is 419 g/mol. The molecule has 0 aromatic carbocycles. The maximum Gasteiger partial charge on any atom is 0.282 e. The van der Waals surface area contributed by atoms with Gasteiger partial charge in [-0.25, -0.2) is 13.6 Å². The zero-order valence-electron chi connectivity index (χ0n) is 17.2. The van der Waals surface area contributed by atoms with Crippen LogP contribution < -0.4 is 10.6 Å². The Morgan fingerprint density at radius 2 is 1.86 bits per heavy atom. The van der Waals surface area contributed by atoms with E-state index in [2.05, 4.69) is 10.6 Å². The highest BCUT2D eigenvalue weighted by atomic mass is 32.2. The lowest BCUT2D eigenvalue weighted by Crippen LogP contribution is -2.64. The summed E-state index contributed by atoms with van der Waals surface area (Å²) in [6, 6.07) is -0.654. The summed E-state index contributed by atoms with van der Waals surface area (Å²) in [5, 5.41) is 16.7. The summed E-state index contributed by atoms with van der Waals surface area (Å²) in [6.07, 6.45) is 6.21. The van der Waals surface area contributed by atoms with Crippen molar-refractivity contribution >= 4 is 21.5 Å². The van der Waals surface area contributed by atoms with Gasteiger partial charge in [-0.2, -0.15) is 4.65 Å². The molecule has 1 aliphatic carbocycles. The van der Waals surface area contributed by atoms with E-state index in [1.807, 2.05) is 6.92 Å². The number of rotatable bonds is 10. The van der Waals surface area contributed by atoms with E-state index < -0.39 is 20.5 Å². The molecular weight excluding hydrogens is 382 g/mol. The zero-order valence-corrected chi connectivity index (χ0v) is 18.0. The van der Waals surface area contributed by atoms with Gasteiger partial charge in [-0.3, -0.25) is 14.9 Å². The smallest absolute Gasteiger partial charge is 0.282 e. The van der Waals surface area contributed by atoms with Crippen LogP contribution in [0.15, 0.2) is 0 Å². The fraction of sp³-hybridized carbons (Fsp3) is 0.895. The first kappa shape index (κ1) is 23.3. The zero-order chi connectivity index (χ0) is 20.8. The molecule has 1 aliphatic heterocycles. The van der Waals surface area contributed by atoms with Crippen LogP contribution in [0, 0.1) is 11.8 Å². The van der Waals surface area contributed by atoms with Crippen LogP contribution in [0.4, 0.5) is 0 Å². The van der Waals surface area contributed by atoms with Gasteiger partial charge in [-0.05, 0) is 12.3 Å². The fourth-order valence-corrected chi connectivity index (χ4v) is 5.18. The van der Waals surface area contributed by atoms with E-state index in [4.69, 9.17) is 0 Å². The summed E-state index contributed by atoms with van der Waals surface area (Å²) in [6.45, 7) is 4.12. The lowest BCUT2D eigenvalue weighted by molar-refractivity contribution is -1.12. The molecule has 3 N–H and O–H groups in total. The number of sulfone groups is 1. The molecule has 1 saturated carbocycles. The first-order chi connectivity index (χ1) is 13.2. The Balaban J connectivity index is 2.01. The maximum absolute atomic E-state index is 13.0. The van der Waals surface area contributed by atoms with Crippen LogP contribution in [0.5, 0.6) is 0 Å². The summed E-state index contributed by atoms with van der Waals surface area (Å²) >= 11 is 0. The van der Waals surface area contributed by atoms with Gasteiger partial charge in [-0.15, -0.1) is 0 Å². The highest BCUT2D eigenvalue weighted by Gasteiger charge is 2.47. The number of ketones is 1. The number of hydrogen-bond donors (Lipinski definition) is 3. The number of carbonyl (C=O) groups is 2. The van der Waals surface area contributed by atoms with Crippen LogP contribution in [0.2, 0.25) is 0 Å². The van der Waals surface area contributed by atoms with Crippen LogP contribution in [-0.2, 0) is 19.4 Å². The normalized spacial score (nSPS) is 22.8. The molecule has 0 aromatic heterocycles. The summed E-state index contributed by atoms with van der Waals surface area (Å²) in [7, 11) is -3.16. The minimum absolute atomic E-state index is 0.0272. The van der Waals surface area contributed by atoms with Gasteiger partial charge >= 0.3 is 0 Å². The lowest BCUT2D eigenvalue weighted by Gasteiger charge is -2.41. The summed E-state index contributed by atoms with van der Waals surface area (Å²) in [5.74, 6) is 0.233. The van der Waals surface area contributed by atoms with Gasteiger partial charge in [0, 0.05) is 11.7 Å². The number of amides is 1. The third-order valence-corrected chi connectivity index (χ3v) is 7.73. The molecule has 2 aliphatic rings.